The Balaban J connectivity index is 2.70. The third-order valence-electron chi connectivity index (χ3n) is 2.70. The van der Waals surface area contributed by atoms with Crippen molar-refractivity contribution in [1.29, 1.82) is 0 Å². The molecule has 1 aromatic rings. The van der Waals surface area contributed by atoms with E-state index in [0.717, 1.165) is 12.2 Å². The number of carbonyl (C=O) groups is 1. The highest BCUT2D eigenvalue weighted by molar-refractivity contribution is 5.69. The summed E-state index contributed by atoms with van der Waals surface area (Å²) in [6, 6.07) is 0.216. The van der Waals surface area contributed by atoms with Crippen molar-refractivity contribution in [3.63, 3.8) is 0 Å². The van der Waals surface area contributed by atoms with Crippen LogP contribution in [-0.4, -0.2) is 43.3 Å². The number of hydrogen-bond donors (Lipinski definition) is 1. The Bertz CT molecular complexity index is 350. The molecule has 1 N–H and O–H groups in total. The molecular weight excluding hydrogens is 208 g/mol. The second-order valence-electron chi connectivity index (χ2n) is 3.91. The van der Waals surface area contributed by atoms with E-state index in [9.17, 15) is 4.79 Å². The molecule has 6 heteroatoms. The molecule has 0 aliphatic carbocycles. The lowest BCUT2D eigenvalue weighted by molar-refractivity contribution is -0.139. The maximum absolute atomic E-state index is 10.8. The van der Waals surface area contributed by atoms with Crippen molar-refractivity contribution in [2.24, 2.45) is 7.05 Å². The molecule has 0 saturated heterocycles. The fraction of sp³-hybridized carbons (Fsp3) is 0.700. The van der Waals surface area contributed by atoms with E-state index in [1.807, 2.05) is 25.8 Å². The van der Waals surface area contributed by atoms with Gasteiger partial charge in [-0.05, 0) is 13.3 Å². The zero-order chi connectivity index (χ0) is 12.1. The van der Waals surface area contributed by atoms with Gasteiger partial charge in [0.1, 0.15) is 12.2 Å². The molecule has 16 heavy (non-hydrogen) atoms. The van der Waals surface area contributed by atoms with Crippen LogP contribution in [0, 0.1) is 0 Å². The number of aliphatic carboxylic acids is 1. The summed E-state index contributed by atoms with van der Waals surface area (Å²) < 4.78 is 1.80. The normalized spacial score (nSPS) is 13.0. The minimum Gasteiger partial charge on any atom is -0.480 e. The van der Waals surface area contributed by atoms with Gasteiger partial charge in [0.25, 0.3) is 0 Å². The van der Waals surface area contributed by atoms with E-state index < -0.39 is 5.97 Å². The summed E-state index contributed by atoms with van der Waals surface area (Å²) >= 11 is 0. The molecule has 0 spiro atoms. The number of aryl methyl sites for hydroxylation is 1. The Morgan fingerprint density at radius 3 is 2.81 bits per heavy atom. The molecule has 0 aromatic carbocycles. The second-order valence-corrected chi connectivity index (χ2v) is 3.91. The van der Waals surface area contributed by atoms with Gasteiger partial charge in [-0.2, -0.15) is 0 Å². The highest BCUT2D eigenvalue weighted by atomic mass is 16.4. The van der Waals surface area contributed by atoms with Crippen LogP contribution in [0.2, 0.25) is 0 Å². The zero-order valence-electron chi connectivity index (χ0n) is 9.92. The first kappa shape index (κ1) is 12.6. The summed E-state index contributed by atoms with van der Waals surface area (Å²) in [5.41, 5.74) is 0. The van der Waals surface area contributed by atoms with Crippen LogP contribution in [0.1, 0.15) is 26.1 Å². The highest BCUT2D eigenvalue weighted by Gasteiger charge is 2.17. The van der Waals surface area contributed by atoms with Crippen LogP contribution < -0.4 is 0 Å². The quantitative estimate of drug-likeness (QED) is 0.764. The van der Waals surface area contributed by atoms with E-state index in [1.54, 1.807) is 10.9 Å². The number of aromatic nitrogens is 3. The summed E-state index contributed by atoms with van der Waals surface area (Å²) in [6.45, 7) is 4.59. The number of nitrogens with zero attached hydrogens (tertiary/aromatic N) is 4. The predicted molar refractivity (Wildman–Crippen MR) is 58.8 cm³/mol. The van der Waals surface area contributed by atoms with Crippen molar-refractivity contribution in [2.75, 3.05) is 6.54 Å². The molecular formula is C10H18N4O2. The van der Waals surface area contributed by atoms with Crippen LogP contribution >= 0.6 is 0 Å². The minimum atomic E-state index is -0.817. The van der Waals surface area contributed by atoms with E-state index in [1.165, 1.54) is 0 Å². The molecule has 0 fully saturated rings. The molecule has 0 aliphatic heterocycles. The van der Waals surface area contributed by atoms with Gasteiger partial charge in [0, 0.05) is 13.1 Å². The van der Waals surface area contributed by atoms with Crippen LogP contribution in [0.3, 0.4) is 0 Å². The van der Waals surface area contributed by atoms with Gasteiger partial charge in [-0.25, -0.2) is 0 Å². The van der Waals surface area contributed by atoms with E-state index >= 15 is 0 Å². The van der Waals surface area contributed by atoms with Crippen LogP contribution in [0.15, 0.2) is 6.33 Å². The van der Waals surface area contributed by atoms with Gasteiger partial charge in [-0.3, -0.25) is 9.69 Å². The van der Waals surface area contributed by atoms with Gasteiger partial charge in [-0.15, -0.1) is 10.2 Å². The average molecular weight is 226 g/mol. The smallest absolute Gasteiger partial charge is 0.317 e. The number of rotatable bonds is 6. The molecule has 0 amide bonds. The molecule has 0 bridgehead atoms. The van der Waals surface area contributed by atoms with Crippen LogP contribution in [-0.2, 0) is 18.4 Å². The van der Waals surface area contributed by atoms with Gasteiger partial charge in [0.15, 0.2) is 0 Å². The van der Waals surface area contributed by atoms with Gasteiger partial charge in [0.05, 0.1) is 13.1 Å². The van der Waals surface area contributed by atoms with Crippen molar-refractivity contribution in [3.8, 4) is 0 Å². The summed E-state index contributed by atoms with van der Waals surface area (Å²) in [4.78, 5) is 12.6. The molecule has 1 atom stereocenters. The van der Waals surface area contributed by atoms with Crippen molar-refractivity contribution >= 4 is 5.97 Å². The topological polar surface area (TPSA) is 71.2 Å². The molecule has 6 nitrogen and oxygen atoms in total. The van der Waals surface area contributed by atoms with Crippen LogP contribution in [0.25, 0.3) is 0 Å². The lowest BCUT2D eigenvalue weighted by Gasteiger charge is -2.25. The Morgan fingerprint density at radius 1 is 1.69 bits per heavy atom. The first-order valence-electron chi connectivity index (χ1n) is 5.33. The zero-order valence-corrected chi connectivity index (χ0v) is 9.92. The van der Waals surface area contributed by atoms with Gasteiger partial charge < -0.3 is 9.67 Å². The Labute approximate surface area is 94.9 Å². The molecule has 1 rings (SSSR count). The molecule has 0 saturated carbocycles. The first-order valence-corrected chi connectivity index (χ1v) is 5.33. The first-order chi connectivity index (χ1) is 7.54. The van der Waals surface area contributed by atoms with E-state index in [0.29, 0.717) is 6.54 Å². The molecule has 1 unspecified atom stereocenters. The Hall–Kier alpha value is -1.43. The van der Waals surface area contributed by atoms with E-state index in [4.69, 9.17) is 5.11 Å². The molecule has 1 heterocycles. The van der Waals surface area contributed by atoms with Crippen LogP contribution in [0.5, 0.6) is 0 Å². The summed E-state index contributed by atoms with van der Waals surface area (Å²) in [6.07, 6.45) is 2.52. The van der Waals surface area contributed by atoms with E-state index in [2.05, 4.69) is 10.2 Å². The Morgan fingerprint density at radius 2 is 2.38 bits per heavy atom. The third kappa shape index (κ3) is 3.30. The number of carboxylic acids is 1. The van der Waals surface area contributed by atoms with Crippen molar-refractivity contribution in [2.45, 2.75) is 32.9 Å². The predicted octanol–water partition coefficient (Wildman–Crippen LogP) is 0.500. The Kier molecular flexibility index (Phi) is 4.42. The highest BCUT2D eigenvalue weighted by Crippen LogP contribution is 2.07. The summed E-state index contributed by atoms with van der Waals surface area (Å²) in [5, 5.41) is 16.6. The second kappa shape index (κ2) is 5.60. The number of carboxylic acid groups (broad SMARTS) is 1. The molecule has 90 valence electrons. The maximum Gasteiger partial charge on any atom is 0.317 e. The minimum absolute atomic E-state index is 0.0296. The largest absolute Gasteiger partial charge is 0.480 e. The standard InChI is InChI=1S/C10H18N4O2/c1-4-8(2)14(6-10(15)16)5-9-12-11-7-13(9)3/h7-8H,4-6H2,1-3H3,(H,15,16). The van der Waals surface area contributed by atoms with Gasteiger partial charge in [0.2, 0.25) is 0 Å². The third-order valence-corrected chi connectivity index (χ3v) is 2.70. The van der Waals surface area contributed by atoms with Gasteiger partial charge >= 0.3 is 5.97 Å². The molecule has 1 aromatic heterocycles. The van der Waals surface area contributed by atoms with Crippen LogP contribution in [0.4, 0.5) is 0 Å². The lowest BCUT2D eigenvalue weighted by atomic mass is 10.2. The fourth-order valence-electron chi connectivity index (χ4n) is 1.43. The molecule has 0 radical (unpaired) electrons. The molecule has 0 aliphatic rings. The summed E-state index contributed by atoms with van der Waals surface area (Å²) in [7, 11) is 1.85. The van der Waals surface area contributed by atoms with Crippen molar-refractivity contribution in [1.82, 2.24) is 19.7 Å². The summed E-state index contributed by atoms with van der Waals surface area (Å²) in [5.74, 6) is -0.0379. The maximum atomic E-state index is 10.8. The monoisotopic (exact) mass is 226 g/mol. The SMILES string of the molecule is CCC(C)N(CC(=O)O)Cc1nncn1C. The number of hydrogen-bond acceptors (Lipinski definition) is 4. The average Bonchev–Trinajstić information content (AvgIpc) is 2.61. The lowest BCUT2D eigenvalue weighted by Crippen LogP contribution is -2.37. The van der Waals surface area contributed by atoms with Crippen molar-refractivity contribution < 1.29 is 9.90 Å². The fourth-order valence-corrected chi connectivity index (χ4v) is 1.43. The van der Waals surface area contributed by atoms with E-state index in [-0.39, 0.29) is 12.6 Å². The van der Waals surface area contributed by atoms with Crippen molar-refractivity contribution in [3.05, 3.63) is 12.2 Å². The van der Waals surface area contributed by atoms with Gasteiger partial charge in [-0.1, -0.05) is 6.92 Å².